The lowest BCUT2D eigenvalue weighted by Gasteiger charge is -2.17. The van der Waals surface area contributed by atoms with Crippen molar-refractivity contribution in [1.29, 1.82) is 15.8 Å². The van der Waals surface area contributed by atoms with E-state index in [1.165, 1.54) is 10.8 Å². The molecule has 0 spiro atoms. The molecule has 0 N–H and O–H groups in total. The Hall–Kier alpha value is -19.3. The molecule has 0 bridgehead atoms. The van der Waals surface area contributed by atoms with Crippen molar-refractivity contribution in [2.45, 2.75) is 0 Å². The van der Waals surface area contributed by atoms with Crippen molar-refractivity contribution in [1.82, 2.24) is 32.0 Å². The van der Waals surface area contributed by atoms with Crippen molar-refractivity contribution in [3.05, 3.63) is 478 Å². The Morgan fingerprint density at radius 1 is 0.115 bits per heavy atom. The molecule has 0 aliphatic carbocycles. The van der Waals surface area contributed by atoms with Crippen LogP contribution >= 0.6 is 0 Å². The van der Waals surface area contributed by atoms with E-state index < -0.39 is 0 Å². The van der Waals surface area contributed by atoms with E-state index in [4.69, 9.17) is 0 Å². The molecule has 10 nitrogen and oxygen atoms in total. The summed E-state index contributed by atoms with van der Waals surface area (Å²) in [4.78, 5) is 0. The third-order valence-corrected chi connectivity index (χ3v) is 28.8. The molecule has 0 saturated heterocycles. The number of para-hydroxylation sites is 11. The van der Waals surface area contributed by atoms with Crippen LogP contribution in [-0.4, -0.2) is 32.0 Å². The van der Waals surface area contributed by atoms with Gasteiger partial charge >= 0.3 is 0 Å². The van der Waals surface area contributed by atoms with Gasteiger partial charge in [-0.2, -0.15) is 15.8 Å². The lowest BCUT2D eigenvalue weighted by atomic mass is 9.93. The maximum Gasteiger partial charge on any atom is 0.0992 e. The van der Waals surface area contributed by atoms with Crippen molar-refractivity contribution >= 4 is 153 Å². The molecule has 0 radical (unpaired) electrons. The normalized spacial score (nSPS) is 11.9. The van der Waals surface area contributed by atoms with Crippen molar-refractivity contribution in [3.63, 3.8) is 0 Å². The summed E-state index contributed by atoms with van der Waals surface area (Å²) in [6.45, 7) is 0. The molecule has 10 heteroatoms. The van der Waals surface area contributed by atoms with Crippen LogP contribution in [0.15, 0.2) is 461 Å². The van der Waals surface area contributed by atoms with Gasteiger partial charge < -0.3 is 32.0 Å². The van der Waals surface area contributed by atoms with E-state index in [1.54, 1.807) is 0 Å². The molecular formula is C129H76N10. The Kier molecular flexibility index (Phi) is 17.4. The Morgan fingerprint density at radius 2 is 0.309 bits per heavy atom. The van der Waals surface area contributed by atoms with Gasteiger partial charge in [-0.3, -0.25) is 0 Å². The van der Waals surface area contributed by atoms with Gasteiger partial charge in [0.05, 0.1) is 112 Å². The lowest BCUT2D eigenvalue weighted by Crippen LogP contribution is -2.01. The molecule has 21 aromatic carbocycles. The summed E-state index contributed by atoms with van der Waals surface area (Å²) in [5.41, 5.74) is 35.2. The molecule has 642 valence electrons. The highest BCUT2D eigenvalue weighted by molar-refractivity contribution is 6.17. The molecule has 7 aromatic heterocycles. The Labute approximate surface area is 797 Å². The third kappa shape index (κ3) is 12.3. The van der Waals surface area contributed by atoms with Gasteiger partial charge in [0.1, 0.15) is 0 Å². The predicted molar refractivity (Wildman–Crippen MR) is 574 cm³/mol. The van der Waals surface area contributed by atoms with Crippen LogP contribution in [0, 0.1) is 34.0 Å². The topological polar surface area (TPSA) is 106 Å². The lowest BCUT2D eigenvalue weighted by molar-refractivity contribution is 1.13. The number of benzene rings is 21. The summed E-state index contributed by atoms with van der Waals surface area (Å²) in [5, 5.41) is 49.2. The summed E-state index contributed by atoms with van der Waals surface area (Å²) in [6, 6.07) is 174. The first-order valence-corrected chi connectivity index (χ1v) is 47.0. The number of aromatic nitrogens is 7. The van der Waals surface area contributed by atoms with Gasteiger partial charge in [0.15, 0.2) is 0 Å². The smallest absolute Gasteiger partial charge is 0.0992 e. The fourth-order valence-electron chi connectivity index (χ4n) is 22.8. The molecule has 139 heavy (non-hydrogen) atoms. The van der Waals surface area contributed by atoms with Crippen LogP contribution in [0.2, 0.25) is 0 Å². The third-order valence-electron chi connectivity index (χ3n) is 28.8. The van der Waals surface area contributed by atoms with Crippen LogP contribution in [0.4, 0.5) is 0 Å². The van der Waals surface area contributed by atoms with E-state index in [0.29, 0.717) is 16.7 Å². The number of hydrogen-bond acceptors (Lipinski definition) is 3. The van der Waals surface area contributed by atoms with Crippen LogP contribution in [0.5, 0.6) is 0 Å². The molecule has 0 aliphatic rings. The zero-order valence-corrected chi connectivity index (χ0v) is 74.9. The summed E-state index contributed by atoms with van der Waals surface area (Å²) < 4.78 is 16.6. The van der Waals surface area contributed by atoms with Gasteiger partial charge in [0.2, 0.25) is 0 Å². The van der Waals surface area contributed by atoms with Gasteiger partial charge in [-0.05, 0) is 279 Å². The zero-order chi connectivity index (χ0) is 91.8. The first-order valence-electron chi connectivity index (χ1n) is 47.0. The first kappa shape index (κ1) is 78.4. The first-order chi connectivity index (χ1) is 68.7. The monoisotopic (exact) mass is 1760 g/mol. The number of nitrogens with zero attached hydrogens (tertiary/aromatic N) is 10. The van der Waals surface area contributed by atoms with Crippen molar-refractivity contribution in [3.8, 4) is 125 Å². The molecule has 0 saturated carbocycles. The fraction of sp³-hybridized carbons (Fsp3) is 0. The van der Waals surface area contributed by atoms with Crippen LogP contribution in [0.1, 0.15) is 16.7 Å². The van der Waals surface area contributed by atoms with E-state index in [1.807, 2.05) is 36.4 Å². The number of fused-ring (bicyclic) bond motifs is 21. The average Bonchev–Trinajstić information content (AvgIpc) is 1.58. The molecule has 28 aromatic rings. The second-order valence-corrected chi connectivity index (χ2v) is 36.5. The van der Waals surface area contributed by atoms with E-state index >= 15 is 0 Å². The average molecular weight is 1770 g/mol. The van der Waals surface area contributed by atoms with Crippen molar-refractivity contribution < 1.29 is 0 Å². The Morgan fingerprint density at radius 3 is 0.640 bits per heavy atom. The molecule has 0 aliphatic heterocycles. The van der Waals surface area contributed by atoms with Crippen LogP contribution in [0.3, 0.4) is 0 Å². The molecule has 7 heterocycles. The minimum atomic E-state index is 0.541. The van der Waals surface area contributed by atoms with E-state index in [0.717, 1.165) is 248 Å². The largest absolute Gasteiger partial charge is 0.309 e. The number of hydrogen-bond donors (Lipinski definition) is 0. The predicted octanol–water partition coefficient (Wildman–Crippen LogP) is 33.0. The molecule has 0 amide bonds. The van der Waals surface area contributed by atoms with Gasteiger partial charge in [0, 0.05) is 115 Å². The quantitative estimate of drug-likeness (QED) is 0.115. The van der Waals surface area contributed by atoms with Crippen LogP contribution in [-0.2, 0) is 0 Å². The van der Waals surface area contributed by atoms with E-state index in [2.05, 4.69) is 475 Å². The molecular weight excluding hydrogens is 1690 g/mol. The van der Waals surface area contributed by atoms with Gasteiger partial charge in [-0.25, -0.2) is 0 Å². The van der Waals surface area contributed by atoms with Crippen LogP contribution in [0.25, 0.3) is 259 Å². The van der Waals surface area contributed by atoms with E-state index in [9.17, 15) is 15.8 Å². The summed E-state index contributed by atoms with van der Waals surface area (Å²) >= 11 is 0. The maximum absolute atomic E-state index is 11.3. The Balaban J connectivity index is 0.610. The molecule has 0 fully saturated rings. The zero-order valence-electron chi connectivity index (χ0n) is 74.9. The summed E-state index contributed by atoms with van der Waals surface area (Å²) in [5.74, 6) is 0. The highest BCUT2D eigenvalue weighted by Crippen LogP contribution is 2.48. The summed E-state index contributed by atoms with van der Waals surface area (Å²) in [7, 11) is 0. The molecule has 28 rings (SSSR count). The van der Waals surface area contributed by atoms with Gasteiger partial charge in [-0.15, -0.1) is 0 Å². The highest BCUT2D eigenvalue weighted by atomic mass is 15.0. The SMILES string of the molecule is N#Cc1cc(-c2cccc(-n3c4ccccc4c4ccccc43)c2)cc(-c2cc(-c3ccc4c(c3)c3ccccc3n4-c3cc(-c4cc(C#N)cc(-n5c6ccccc6c6ccccc65)c4)cc(-n4c5ccccc5c5cc(-c6ccc7c8ccccc8n(-c8cccc(-c9cc(C#N)cc(-n%10c%11ccccc%11c%11ccccc%11%10)c9)c8)c7c6)ccc54)c3)cc(-n3c4ccccc4c4ccccc43)c2)c1. The fourth-order valence-corrected chi connectivity index (χ4v) is 22.8. The number of rotatable bonds is 13. The molecule has 0 unspecified atom stereocenters. The maximum atomic E-state index is 11.3. The van der Waals surface area contributed by atoms with Crippen molar-refractivity contribution in [2.24, 2.45) is 0 Å². The number of nitriles is 3. The van der Waals surface area contributed by atoms with Gasteiger partial charge in [-0.1, -0.05) is 249 Å². The van der Waals surface area contributed by atoms with Crippen LogP contribution < -0.4 is 0 Å². The minimum absolute atomic E-state index is 0.541. The molecule has 0 atom stereocenters. The van der Waals surface area contributed by atoms with Gasteiger partial charge in [0.25, 0.3) is 0 Å². The second-order valence-electron chi connectivity index (χ2n) is 36.5. The van der Waals surface area contributed by atoms with E-state index in [-0.39, 0.29) is 0 Å². The second kappa shape index (κ2) is 30.9. The Bertz CT molecular complexity index is 10100. The minimum Gasteiger partial charge on any atom is -0.309 e. The van der Waals surface area contributed by atoms with Crippen molar-refractivity contribution in [2.75, 3.05) is 0 Å². The summed E-state index contributed by atoms with van der Waals surface area (Å²) in [6.07, 6.45) is 0. The highest BCUT2D eigenvalue weighted by Gasteiger charge is 2.26. The standard InChI is InChI=1S/C129H76N10/c130-77-80-57-88(83-25-23-27-95(65-83)133-116-40-12-1-29-102(116)103-30-2-13-41-117(103)133)63-89(58-80)93-64-92(69-99(70-93)137-123-47-19-7-35-108(123)109-36-8-20-48-124(109)137)86-53-56-128-115(74-86)112-39-11-22-50-126(112)139(128)101-72-94(91-60-82(79-132)62-98(68-91)136-121-45-17-5-33-106(121)107-34-6-18-46-122(107)136)71-100(76-101)138-125-49-21-10-38-111(125)114-73-85(52-55-127(114)138)87-51-54-113-110-37-9-14-42-118(110)134(129(113)75-87)96-28-24-26-84(66-96)90-59-81(78-131)61-97(67-90)135-119-43-15-3-31-104(119)105-32-4-16-44-120(105)135/h1-76H.